The van der Waals surface area contributed by atoms with Crippen molar-refractivity contribution in [3.63, 3.8) is 0 Å². The predicted octanol–water partition coefficient (Wildman–Crippen LogP) is 2.87. The molecule has 3 N–H and O–H groups in total. The minimum absolute atomic E-state index is 0.482. The summed E-state index contributed by atoms with van der Waals surface area (Å²) in [5.41, 5.74) is 7.93. The fourth-order valence-electron chi connectivity index (χ4n) is 1.64. The molecule has 20 heavy (non-hydrogen) atoms. The van der Waals surface area contributed by atoms with E-state index in [0.717, 1.165) is 22.8 Å². The number of hydrogen-bond donors (Lipinski definition) is 2. The molecular formula is C15H20N4S. The van der Waals surface area contributed by atoms with Crippen LogP contribution in [0.5, 0.6) is 0 Å². The maximum absolute atomic E-state index is 5.80. The van der Waals surface area contributed by atoms with Gasteiger partial charge in [-0.25, -0.2) is 9.98 Å². The zero-order valence-electron chi connectivity index (χ0n) is 11.8. The topological polar surface area (TPSA) is 63.3 Å². The maximum Gasteiger partial charge on any atom is 0.189 e. The summed E-state index contributed by atoms with van der Waals surface area (Å²) in [6.45, 7) is 5.62. The molecule has 0 aliphatic heterocycles. The van der Waals surface area contributed by atoms with Crippen LogP contribution in [0.2, 0.25) is 0 Å². The first-order valence-electron chi connectivity index (χ1n) is 6.68. The minimum Gasteiger partial charge on any atom is -0.370 e. The van der Waals surface area contributed by atoms with Crippen LogP contribution in [0.15, 0.2) is 40.7 Å². The van der Waals surface area contributed by atoms with Crippen molar-refractivity contribution in [3.8, 4) is 11.3 Å². The summed E-state index contributed by atoms with van der Waals surface area (Å²) in [5.74, 6) is 1.03. The molecule has 0 bridgehead atoms. The van der Waals surface area contributed by atoms with Gasteiger partial charge in [0.25, 0.3) is 0 Å². The van der Waals surface area contributed by atoms with Gasteiger partial charge in [-0.05, 0) is 5.92 Å². The van der Waals surface area contributed by atoms with Gasteiger partial charge in [-0.15, -0.1) is 11.3 Å². The van der Waals surface area contributed by atoms with Gasteiger partial charge in [-0.3, -0.25) is 0 Å². The molecule has 1 heterocycles. The van der Waals surface area contributed by atoms with Crippen LogP contribution < -0.4 is 11.1 Å². The molecule has 0 spiro atoms. The van der Waals surface area contributed by atoms with Crippen LogP contribution in [-0.4, -0.2) is 17.5 Å². The van der Waals surface area contributed by atoms with Crippen molar-refractivity contribution in [2.75, 3.05) is 6.54 Å². The number of aromatic nitrogens is 1. The van der Waals surface area contributed by atoms with Crippen LogP contribution in [0, 0.1) is 5.92 Å². The monoisotopic (exact) mass is 288 g/mol. The van der Waals surface area contributed by atoms with E-state index in [-0.39, 0.29) is 0 Å². The Bertz CT molecular complexity index is 560. The third-order valence-electron chi connectivity index (χ3n) is 2.70. The number of benzene rings is 1. The van der Waals surface area contributed by atoms with Crippen molar-refractivity contribution in [1.82, 2.24) is 10.3 Å². The molecule has 1 aromatic carbocycles. The molecule has 0 aliphatic carbocycles. The molecule has 0 aliphatic rings. The standard InChI is InChI=1S/C15H20N4S/c1-11(2)8-17-15(16)18-9-14-19-13(10-20-14)12-6-4-3-5-7-12/h3-7,10-11H,8-9H2,1-2H3,(H3,16,17,18). The summed E-state index contributed by atoms with van der Waals surface area (Å²) in [7, 11) is 0. The Kier molecular flexibility index (Phi) is 5.12. The van der Waals surface area contributed by atoms with Gasteiger partial charge in [0.15, 0.2) is 5.96 Å². The molecule has 1 aromatic heterocycles. The molecule has 4 nitrogen and oxygen atoms in total. The molecule has 5 heteroatoms. The van der Waals surface area contributed by atoms with Crippen LogP contribution >= 0.6 is 11.3 Å². The minimum atomic E-state index is 0.482. The second-order valence-electron chi connectivity index (χ2n) is 4.97. The first-order valence-corrected chi connectivity index (χ1v) is 7.56. The Balaban J connectivity index is 1.95. The lowest BCUT2D eigenvalue weighted by Crippen LogP contribution is -2.34. The van der Waals surface area contributed by atoms with E-state index in [9.17, 15) is 0 Å². The summed E-state index contributed by atoms with van der Waals surface area (Å²) in [5, 5.41) is 6.12. The lowest BCUT2D eigenvalue weighted by molar-refractivity contribution is 0.622. The fourth-order valence-corrected chi connectivity index (χ4v) is 2.37. The van der Waals surface area contributed by atoms with Crippen LogP contribution in [0.3, 0.4) is 0 Å². The van der Waals surface area contributed by atoms with E-state index < -0.39 is 0 Å². The zero-order valence-corrected chi connectivity index (χ0v) is 12.7. The highest BCUT2D eigenvalue weighted by molar-refractivity contribution is 7.09. The Hall–Kier alpha value is -1.88. The van der Waals surface area contributed by atoms with E-state index in [4.69, 9.17) is 5.73 Å². The van der Waals surface area contributed by atoms with Crippen LogP contribution in [0.4, 0.5) is 0 Å². The van der Waals surface area contributed by atoms with Gasteiger partial charge in [-0.2, -0.15) is 0 Å². The number of rotatable bonds is 5. The van der Waals surface area contributed by atoms with E-state index in [1.54, 1.807) is 11.3 Å². The number of nitrogens with two attached hydrogens (primary N) is 1. The van der Waals surface area contributed by atoms with Crippen molar-refractivity contribution in [3.05, 3.63) is 40.7 Å². The number of nitrogens with one attached hydrogen (secondary N) is 1. The third-order valence-corrected chi connectivity index (χ3v) is 3.53. The summed E-state index contributed by atoms with van der Waals surface area (Å²) in [6.07, 6.45) is 0. The molecule has 2 rings (SSSR count). The van der Waals surface area contributed by atoms with Crippen molar-refractivity contribution in [2.24, 2.45) is 16.6 Å². The highest BCUT2D eigenvalue weighted by atomic mass is 32.1. The molecule has 0 atom stereocenters. The second-order valence-corrected chi connectivity index (χ2v) is 5.91. The fraction of sp³-hybridized carbons (Fsp3) is 0.333. The summed E-state index contributed by atoms with van der Waals surface area (Å²) >= 11 is 1.61. The quantitative estimate of drug-likeness (QED) is 0.657. The summed E-state index contributed by atoms with van der Waals surface area (Å²) in [6, 6.07) is 10.1. The zero-order chi connectivity index (χ0) is 14.4. The van der Waals surface area contributed by atoms with Crippen LogP contribution in [-0.2, 0) is 6.54 Å². The average Bonchev–Trinajstić information content (AvgIpc) is 2.93. The Labute approximate surface area is 123 Å². The smallest absolute Gasteiger partial charge is 0.189 e. The number of aliphatic imine (C=N–C) groups is 1. The second kappa shape index (κ2) is 7.05. The summed E-state index contributed by atoms with van der Waals surface area (Å²) in [4.78, 5) is 8.88. The predicted molar refractivity (Wildman–Crippen MR) is 85.7 cm³/mol. The first-order chi connectivity index (χ1) is 9.65. The molecule has 106 valence electrons. The van der Waals surface area contributed by atoms with Crippen molar-refractivity contribution < 1.29 is 0 Å². The maximum atomic E-state index is 5.80. The van der Waals surface area contributed by atoms with E-state index >= 15 is 0 Å². The van der Waals surface area contributed by atoms with Crippen LogP contribution in [0.1, 0.15) is 18.9 Å². The van der Waals surface area contributed by atoms with Gasteiger partial charge in [0.1, 0.15) is 5.01 Å². The molecule has 0 fully saturated rings. The van der Waals surface area contributed by atoms with Gasteiger partial charge in [0, 0.05) is 17.5 Å². The number of hydrogen-bond acceptors (Lipinski definition) is 3. The lowest BCUT2D eigenvalue weighted by atomic mass is 10.2. The molecule has 0 amide bonds. The number of nitrogens with zero attached hydrogens (tertiary/aromatic N) is 2. The van der Waals surface area contributed by atoms with E-state index in [2.05, 4.69) is 46.7 Å². The van der Waals surface area contributed by atoms with Crippen molar-refractivity contribution >= 4 is 17.3 Å². The van der Waals surface area contributed by atoms with Gasteiger partial charge in [-0.1, -0.05) is 44.2 Å². The number of thiazole rings is 1. The van der Waals surface area contributed by atoms with Gasteiger partial charge >= 0.3 is 0 Å². The largest absolute Gasteiger partial charge is 0.370 e. The summed E-state index contributed by atoms with van der Waals surface area (Å²) < 4.78 is 0. The van der Waals surface area contributed by atoms with Gasteiger partial charge in [0.2, 0.25) is 0 Å². The normalized spacial score (nSPS) is 11.8. The van der Waals surface area contributed by atoms with Gasteiger partial charge < -0.3 is 11.1 Å². The molecule has 0 saturated carbocycles. The van der Waals surface area contributed by atoms with E-state index in [1.165, 1.54) is 0 Å². The van der Waals surface area contributed by atoms with E-state index in [1.807, 2.05) is 18.2 Å². The Morgan fingerprint density at radius 3 is 2.80 bits per heavy atom. The van der Waals surface area contributed by atoms with E-state index in [0.29, 0.717) is 18.4 Å². The molecular weight excluding hydrogens is 268 g/mol. The average molecular weight is 288 g/mol. The SMILES string of the molecule is CC(C)CNC(N)=NCc1nc(-c2ccccc2)cs1. The van der Waals surface area contributed by atoms with Crippen molar-refractivity contribution in [1.29, 1.82) is 0 Å². The Morgan fingerprint density at radius 1 is 1.35 bits per heavy atom. The third kappa shape index (κ3) is 4.35. The molecule has 0 radical (unpaired) electrons. The number of guanidine groups is 1. The molecule has 0 saturated heterocycles. The van der Waals surface area contributed by atoms with Gasteiger partial charge in [0.05, 0.1) is 12.2 Å². The Morgan fingerprint density at radius 2 is 2.10 bits per heavy atom. The van der Waals surface area contributed by atoms with Crippen molar-refractivity contribution in [2.45, 2.75) is 20.4 Å². The first kappa shape index (κ1) is 14.5. The lowest BCUT2D eigenvalue weighted by Gasteiger charge is -2.07. The highest BCUT2D eigenvalue weighted by Crippen LogP contribution is 2.21. The van der Waals surface area contributed by atoms with Crippen LogP contribution in [0.25, 0.3) is 11.3 Å². The highest BCUT2D eigenvalue weighted by Gasteiger charge is 2.03. The molecule has 0 unspecified atom stereocenters. The molecule has 2 aromatic rings.